The summed E-state index contributed by atoms with van der Waals surface area (Å²) in [6, 6.07) is 28.8. The highest BCUT2D eigenvalue weighted by Crippen LogP contribution is 2.11. The van der Waals surface area contributed by atoms with Gasteiger partial charge in [0.05, 0.1) is 13.2 Å². The van der Waals surface area contributed by atoms with Gasteiger partial charge in [0, 0.05) is 0 Å². The van der Waals surface area contributed by atoms with E-state index < -0.39 is 12.3 Å². The van der Waals surface area contributed by atoms with Crippen LogP contribution < -0.4 is 0 Å². The first kappa shape index (κ1) is 18.8. The summed E-state index contributed by atoms with van der Waals surface area (Å²) in [7, 11) is 0. The molecule has 4 heteroatoms. The smallest absolute Gasteiger partial charge is 0.363 e. The van der Waals surface area contributed by atoms with Crippen LogP contribution in [-0.2, 0) is 38.8 Å². The summed E-state index contributed by atoms with van der Waals surface area (Å²) in [4.78, 5) is 12.5. The molecule has 3 aromatic rings. The van der Waals surface area contributed by atoms with Gasteiger partial charge in [-0.15, -0.1) is 0 Å². The first-order valence-corrected chi connectivity index (χ1v) is 8.83. The number of benzene rings is 3. The fourth-order valence-corrected chi connectivity index (χ4v) is 2.47. The number of esters is 1. The lowest BCUT2D eigenvalue weighted by Crippen LogP contribution is -2.29. The number of rotatable bonds is 9. The molecule has 0 N–H and O–H groups in total. The van der Waals surface area contributed by atoms with E-state index in [1.54, 1.807) is 0 Å². The predicted molar refractivity (Wildman–Crippen MR) is 102 cm³/mol. The fourth-order valence-electron chi connectivity index (χ4n) is 2.47. The van der Waals surface area contributed by atoms with Gasteiger partial charge in [0.1, 0.15) is 6.61 Å². The molecule has 0 spiro atoms. The molecule has 0 aliphatic rings. The molecule has 0 atom stereocenters. The summed E-state index contributed by atoms with van der Waals surface area (Å²) < 4.78 is 16.8. The minimum Gasteiger partial charge on any atom is -0.457 e. The van der Waals surface area contributed by atoms with E-state index in [-0.39, 0.29) is 19.8 Å². The van der Waals surface area contributed by atoms with Gasteiger partial charge in [0.2, 0.25) is 0 Å². The van der Waals surface area contributed by atoms with Crippen LogP contribution in [-0.4, -0.2) is 12.3 Å². The maximum atomic E-state index is 12.5. The van der Waals surface area contributed by atoms with Gasteiger partial charge in [-0.1, -0.05) is 91.0 Å². The van der Waals surface area contributed by atoms with Crippen molar-refractivity contribution in [2.45, 2.75) is 26.1 Å². The summed E-state index contributed by atoms with van der Waals surface area (Å²) in [6.07, 6.45) is -1.09. The van der Waals surface area contributed by atoms with Crippen LogP contribution in [0.3, 0.4) is 0 Å². The van der Waals surface area contributed by atoms with E-state index >= 15 is 0 Å². The van der Waals surface area contributed by atoms with Crippen LogP contribution in [0.2, 0.25) is 0 Å². The van der Waals surface area contributed by atoms with Gasteiger partial charge in [-0.2, -0.15) is 0 Å². The second-order valence-corrected chi connectivity index (χ2v) is 6.02. The number of ether oxygens (including phenoxy) is 3. The Hall–Kier alpha value is -2.95. The summed E-state index contributed by atoms with van der Waals surface area (Å²) in [5, 5.41) is 0. The highest BCUT2D eigenvalue weighted by atomic mass is 16.7. The summed E-state index contributed by atoms with van der Waals surface area (Å²) in [5.74, 6) is -0.536. The van der Waals surface area contributed by atoms with Crippen LogP contribution in [0.5, 0.6) is 0 Å². The highest BCUT2D eigenvalue weighted by Gasteiger charge is 2.22. The lowest BCUT2D eigenvalue weighted by molar-refractivity contribution is -0.202. The van der Waals surface area contributed by atoms with Gasteiger partial charge < -0.3 is 14.2 Å². The molecule has 0 saturated carbocycles. The van der Waals surface area contributed by atoms with Crippen LogP contribution in [0.25, 0.3) is 0 Å². The quantitative estimate of drug-likeness (QED) is 0.416. The van der Waals surface area contributed by atoms with Crippen molar-refractivity contribution in [2.75, 3.05) is 0 Å². The molecule has 138 valence electrons. The number of carbonyl (C=O) groups is 1. The van der Waals surface area contributed by atoms with E-state index in [4.69, 9.17) is 14.2 Å². The fraction of sp³-hybridized carbons (Fsp3) is 0.174. The average molecular weight is 362 g/mol. The van der Waals surface area contributed by atoms with E-state index in [0.29, 0.717) is 0 Å². The third-order valence-electron chi connectivity index (χ3n) is 3.90. The van der Waals surface area contributed by atoms with Crippen molar-refractivity contribution >= 4 is 5.97 Å². The minimum atomic E-state index is -1.09. The Kier molecular flexibility index (Phi) is 7.16. The molecule has 0 aromatic heterocycles. The molecule has 3 rings (SSSR count). The Morgan fingerprint density at radius 2 is 0.963 bits per heavy atom. The molecule has 0 aliphatic carbocycles. The topological polar surface area (TPSA) is 44.8 Å². The van der Waals surface area contributed by atoms with Crippen molar-refractivity contribution in [1.29, 1.82) is 0 Å². The monoisotopic (exact) mass is 362 g/mol. The molecule has 0 unspecified atom stereocenters. The Morgan fingerprint density at radius 1 is 0.593 bits per heavy atom. The van der Waals surface area contributed by atoms with Gasteiger partial charge in [-0.25, -0.2) is 4.79 Å². The second-order valence-electron chi connectivity index (χ2n) is 6.02. The Labute approximate surface area is 159 Å². The predicted octanol–water partition coefficient (Wildman–Crippen LogP) is 4.49. The van der Waals surface area contributed by atoms with Crippen molar-refractivity contribution < 1.29 is 19.0 Å². The van der Waals surface area contributed by atoms with E-state index in [0.717, 1.165) is 16.7 Å². The number of hydrogen-bond donors (Lipinski definition) is 0. The zero-order valence-corrected chi connectivity index (χ0v) is 15.0. The largest absolute Gasteiger partial charge is 0.457 e. The maximum Gasteiger partial charge on any atom is 0.363 e. The van der Waals surface area contributed by atoms with Crippen LogP contribution in [0, 0.1) is 0 Å². The van der Waals surface area contributed by atoms with Crippen LogP contribution in [0.1, 0.15) is 16.7 Å². The molecular formula is C23H22O4. The van der Waals surface area contributed by atoms with E-state index in [1.165, 1.54) is 0 Å². The van der Waals surface area contributed by atoms with Crippen LogP contribution in [0.15, 0.2) is 91.0 Å². The number of hydrogen-bond acceptors (Lipinski definition) is 4. The van der Waals surface area contributed by atoms with Gasteiger partial charge >= 0.3 is 5.97 Å². The van der Waals surface area contributed by atoms with Crippen LogP contribution in [0.4, 0.5) is 0 Å². The maximum absolute atomic E-state index is 12.5. The van der Waals surface area contributed by atoms with Gasteiger partial charge in [0.15, 0.2) is 0 Å². The highest BCUT2D eigenvalue weighted by molar-refractivity contribution is 5.73. The molecule has 27 heavy (non-hydrogen) atoms. The molecular weight excluding hydrogens is 340 g/mol. The third kappa shape index (κ3) is 6.37. The first-order valence-electron chi connectivity index (χ1n) is 8.83. The second kappa shape index (κ2) is 10.3. The van der Waals surface area contributed by atoms with Crippen molar-refractivity contribution in [3.63, 3.8) is 0 Å². The molecule has 4 nitrogen and oxygen atoms in total. The zero-order chi connectivity index (χ0) is 18.7. The first-order chi connectivity index (χ1) is 13.3. The van der Waals surface area contributed by atoms with Crippen molar-refractivity contribution in [3.05, 3.63) is 108 Å². The molecule has 0 fully saturated rings. The Bertz CT molecular complexity index is 760. The lowest BCUT2D eigenvalue weighted by Gasteiger charge is -2.18. The van der Waals surface area contributed by atoms with Crippen molar-refractivity contribution in [3.8, 4) is 0 Å². The summed E-state index contributed by atoms with van der Waals surface area (Å²) >= 11 is 0. The minimum absolute atomic E-state index is 0.180. The molecule has 0 bridgehead atoms. The Balaban J connectivity index is 1.59. The van der Waals surface area contributed by atoms with Crippen molar-refractivity contribution in [2.24, 2.45) is 0 Å². The van der Waals surface area contributed by atoms with Gasteiger partial charge in [-0.3, -0.25) is 0 Å². The Morgan fingerprint density at radius 3 is 1.37 bits per heavy atom. The normalized spacial score (nSPS) is 10.7. The molecule has 0 aliphatic heterocycles. The molecule has 0 heterocycles. The summed E-state index contributed by atoms with van der Waals surface area (Å²) in [6.45, 7) is 0.709. The molecule has 0 radical (unpaired) electrons. The standard InChI is InChI=1S/C23H22O4/c24-22(25-16-19-10-4-1-5-11-19)23(26-17-20-12-6-2-7-13-20)27-18-21-14-8-3-9-15-21/h1-15,23H,16-18H2. The lowest BCUT2D eigenvalue weighted by atomic mass is 10.2. The number of carbonyl (C=O) groups excluding carboxylic acids is 1. The summed E-state index contributed by atoms with van der Waals surface area (Å²) in [5.41, 5.74) is 2.83. The third-order valence-corrected chi connectivity index (χ3v) is 3.90. The van der Waals surface area contributed by atoms with Crippen molar-refractivity contribution in [1.82, 2.24) is 0 Å². The molecule has 0 saturated heterocycles. The van der Waals surface area contributed by atoms with E-state index in [1.807, 2.05) is 91.0 Å². The molecule has 3 aromatic carbocycles. The molecule has 0 amide bonds. The van der Waals surface area contributed by atoms with Crippen LogP contribution >= 0.6 is 0 Å². The average Bonchev–Trinajstić information content (AvgIpc) is 2.74. The SMILES string of the molecule is O=C(OCc1ccccc1)C(OCc1ccccc1)OCc1ccccc1. The zero-order valence-electron chi connectivity index (χ0n) is 15.0. The van der Waals surface area contributed by atoms with E-state index in [2.05, 4.69) is 0 Å². The van der Waals surface area contributed by atoms with Gasteiger partial charge in [-0.05, 0) is 16.7 Å². The van der Waals surface area contributed by atoms with E-state index in [9.17, 15) is 4.79 Å². The van der Waals surface area contributed by atoms with Gasteiger partial charge in [0.25, 0.3) is 6.29 Å².